The van der Waals surface area contributed by atoms with Crippen LogP contribution >= 0.6 is 0 Å². The van der Waals surface area contributed by atoms with E-state index in [2.05, 4.69) is 5.32 Å². The Morgan fingerprint density at radius 2 is 1.73 bits per heavy atom. The fourth-order valence-corrected chi connectivity index (χ4v) is 5.98. The molecule has 3 aromatic rings. The summed E-state index contributed by atoms with van der Waals surface area (Å²) >= 11 is 0. The Bertz CT molecular complexity index is 1450. The summed E-state index contributed by atoms with van der Waals surface area (Å²) in [5.74, 6) is -0.284. The van der Waals surface area contributed by atoms with E-state index in [1.54, 1.807) is 42.2 Å². The summed E-state index contributed by atoms with van der Waals surface area (Å²) in [6, 6.07) is 17.5. The lowest BCUT2D eigenvalue weighted by atomic mass is 9.85. The highest BCUT2D eigenvalue weighted by Crippen LogP contribution is 2.53. The van der Waals surface area contributed by atoms with Gasteiger partial charge in [0.25, 0.3) is 5.91 Å². The maximum atomic E-state index is 13.7. The summed E-state index contributed by atoms with van der Waals surface area (Å²) in [5.41, 5.74) is 2.50. The standard InChI is InChI=1S/C28H27F3N2O3S/c1-2-37(35,36)22-10-7-19(8-11-22)16-32-26(34)20-9-12-23-21(15-20)17-33(18-27(23)13-14-27)25-6-4-3-5-24(25)28(29,30)31/h3-12,15H,2,13-14,16-18H2,1H3,(H,32,34). The lowest BCUT2D eigenvalue weighted by Gasteiger charge is -2.38. The number of halogens is 3. The first-order valence-electron chi connectivity index (χ1n) is 12.2. The Morgan fingerprint density at radius 1 is 1.03 bits per heavy atom. The number of carbonyl (C=O) groups excluding carboxylic acids is 1. The Kier molecular flexibility index (Phi) is 6.30. The van der Waals surface area contributed by atoms with Crippen molar-refractivity contribution < 1.29 is 26.4 Å². The van der Waals surface area contributed by atoms with Gasteiger partial charge in [-0.25, -0.2) is 8.42 Å². The maximum absolute atomic E-state index is 13.7. The van der Waals surface area contributed by atoms with Crippen molar-refractivity contribution in [2.75, 3.05) is 17.2 Å². The monoisotopic (exact) mass is 528 g/mol. The van der Waals surface area contributed by atoms with Gasteiger partial charge in [-0.15, -0.1) is 0 Å². The number of hydrogen-bond donors (Lipinski definition) is 1. The molecule has 37 heavy (non-hydrogen) atoms. The van der Waals surface area contributed by atoms with Crippen LogP contribution in [0.15, 0.2) is 71.6 Å². The van der Waals surface area contributed by atoms with Crippen LogP contribution < -0.4 is 10.2 Å². The molecule has 9 heteroatoms. The third kappa shape index (κ3) is 4.97. The van der Waals surface area contributed by atoms with Gasteiger partial charge in [-0.2, -0.15) is 13.2 Å². The summed E-state index contributed by atoms with van der Waals surface area (Å²) in [4.78, 5) is 14.9. The number of benzene rings is 3. The minimum Gasteiger partial charge on any atom is -0.366 e. The highest BCUT2D eigenvalue weighted by Gasteiger charge is 2.50. The SMILES string of the molecule is CCS(=O)(=O)c1ccc(CNC(=O)c2ccc3c(c2)CN(c2ccccc2C(F)(F)F)CC32CC2)cc1. The molecule has 1 aliphatic carbocycles. The molecule has 1 N–H and O–H groups in total. The number of carbonyl (C=O) groups is 1. The summed E-state index contributed by atoms with van der Waals surface area (Å²) < 4.78 is 65.0. The molecular formula is C28H27F3N2O3S. The number of alkyl halides is 3. The van der Waals surface area contributed by atoms with Gasteiger partial charge < -0.3 is 10.2 Å². The van der Waals surface area contributed by atoms with E-state index in [-0.39, 0.29) is 34.2 Å². The van der Waals surface area contributed by atoms with Gasteiger partial charge in [0.2, 0.25) is 0 Å². The first kappa shape index (κ1) is 25.3. The minimum atomic E-state index is -4.45. The Morgan fingerprint density at radius 3 is 2.38 bits per heavy atom. The van der Waals surface area contributed by atoms with Crippen molar-refractivity contribution in [2.45, 2.75) is 49.3 Å². The third-order valence-corrected chi connectivity index (χ3v) is 9.06. The van der Waals surface area contributed by atoms with Gasteiger partial charge in [-0.3, -0.25) is 4.79 Å². The van der Waals surface area contributed by atoms with Crippen LogP contribution in [0.5, 0.6) is 0 Å². The predicted octanol–water partition coefficient (Wildman–Crippen LogP) is 5.48. The molecule has 0 bridgehead atoms. The molecular weight excluding hydrogens is 501 g/mol. The molecule has 0 aromatic heterocycles. The smallest absolute Gasteiger partial charge is 0.366 e. The Labute approximate surface area is 214 Å². The Balaban J connectivity index is 1.35. The second kappa shape index (κ2) is 9.20. The number of nitrogens with zero attached hydrogens (tertiary/aromatic N) is 1. The number of sulfone groups is 1. The van der Waals surface area contributed by atoms with E-state index in [0.29, 0.717) is 18.7 Å². The molecule has 194 valence electrons. The topological polar surface area (TPSA) is 66.5 Å². The van der Waals surface area contributed by atoms with E-state index in [0.717, 1.165) is 35.6 Å². The second-order valence-corrected chi connectivity index (χ2v) is 12.0. The fourth-order valence-electron chi connectivity index (χ4n) is 5.10. The predicted molar refractivity (Wildman–Crippen MR) is 135 cm³/mol. The zero-order chi connectivity index (χ0) is 26.4. The van der Waals surface area contributed by atoms with E-state index < -0.39 is 21.6 Å². The molecule has 3 aromatic carbocycles. The normalized spacial score (nSPS) is 16.4. The molecule has 0 radical (unpaired) electrons. The van der Waals surface area contributed by atoms with E-state index in [1.165, 1.54) is 24.3 Å². The van der Waals surface area contributed by atoms with Crippen LogP contribution in [0.4, 0.5) is 18.9 Å². The number of para-hydroxylation sites is 1. The van der Waals surface area contributed by atoms with Gasteiger partial charge in [0, 0.05) is 36.3 Å². The first-order chi connectivity index (χ1) is 17.5. The number of anilines is 1. The van der Waals surface area contributed by atoms with Gasteiger partial charge in [-0.1, -0.05) is 37.3 Å². The Hall–Kier alpha value is -3.33. The highest BCUT2D eigenvalue weighted by molar-refractivity contribution is 7.91. The molecule has 0 atom stereocenters. The van der Waals surface area contributed by atoms with Gasteiger partial charge in [-0.05, 0) is 65.9 Å². The van der Waals surface area contributed by atoms with Gasteiger partial charge in [0.05, 0.1) is 16.2 Å². The number of hydrogen-bond acceptors (Lipinski definition) is 4. The van der Waals surface area contributed by atoms with Crippen LogP contribution in [0.25, 0.3) is 0 Å². The summed E-state index contributed by atoms with van der Waals surface area (Å²) in [6.45, 7) is 2.61. The lowest BCUT2D eigenvalue weighted by Crippen LogP contribution is -2.39. The van der Waals surface area contributed by atoms with Crippen molar-refractivity contribution >= 4 is 21.4 Å². The third-order valence-electron chi connectivity index (χ3n) is 7.31. The van der Waals surface area contributed by atoms with E-state index in [4.69, 9.17) is 0 Å². The van der Waals surface area contributed by atoms with Crippen LogP contribution in [0.3, 0.4) is 0 Å². The van der Waals surface area contributed by atoms with Gasteiger partial charge in [0.1, 0.15) is 0 Å². The first-order valence-corrected chi connectivity index (χ1v) is 13.8. The van der Waals surface area contributed by atoms with Crippen molar-refractivity contribution in [3.8, 4) is 0 Å². The van der Waals surface area contributed by atoms with E-state index >= 15 is 0 Å². The average Bonchev–Trinajstić information content (AvgIpc) is 3.66. The maximum Gasteiger partial charge on any atom is 0.418 e. The molecule has 5 nitrogen and oxygen atoms in total. The quantitative estimate of drug-likeness (QED) is 0.460. The summed E-state index contributed by atoms with van der Waals surface area (Å²) in [6.07, 6.45) is -2.64. The number of amides is 1. The number of rotatable bonds is 6. The second-order valence-electron chi connectivity index (χ2n) is 9.75. The fraction of sp³-hybridized carbons (Fsp3) is 0.321. The lowest BCUT2D eigenvalue weighted by molar-refractivity contribution is -0.137. The van der Waals surface area contributed by atoms with E-state index in [9.17, 15) is 26.4 Å². The molecule has 1 saturated carbocycles. The van der Waals surface area contributed by atoms with E-state index in [1.807, 2.05) is 6.07 Å². The van der Waals surface area contributed by atoms with Crippen LogP contribution in [-0.4, -0.2) is 26.6 Å². The number of nitrogens with one attached hydrogen (secondary N) is 1. The number of fused-ring (bicyclic) bond motifs is 2. The molecule has 1 aliphatic heterocycles. The molecule has 1 spiro atoms. The van der Waals surface area contributed by atoms with Gasteiger partial charge >= 0.3 is 6.18 Å². The van der Waals surface area contributed by atoms with Crippen LogP contribution in [0, 0.1) is 0 Å². The molecule has 5 rings (SSSR count). The van der Waals surface area contributed by atoms with Crippen molar-refractivity contribution in [1.82, 2.24) is 5.32 Å². The summed E-state index contributed by atoms with van der Waals surface area (Å²) in [7, 11) is -3.29. The van der Waals surface area contributed by atoms with Crippen molar-refractivity contribution in [3.05, 3.63) is 94.5 Å². The molecule has 1 amide bonds. The van der Waals surface area contributed by atoms with Crippen molar-refractivity contribution in [3.63, 3.8) is 0 Å². The highest BCUT2D eigenvalue weighted by atomic mass is 32.2. The molecule has 0 unspecified atom stereocenters. The average molecular weight is 529 g/mol. The summed E-state index contributed by atoms with van der Waals surface area (Å²) in [5, 5.41) is 2.85. The largest absolute Gasteiger partial charge is 0.418 e. The zero-order valence-electron chi connectivity index (χ0n) is 20.3. The zero-order valence-corrected chi connectivity index (χ0v) is 21.1. The molecule has 2 aliphatic rings. The van der Waals surface area contributed by atoms with Gasteiger partial charge in [0.15, 0.2) is 9.84 Å². The van der Waals surface area contributed by atoms with Crippen LogP contribution in [0.2, 0.25) is 0 Å². The molecule has 0 saturated heterocycles. The minimum absolute atomic E-state index is 0.0158. The van der Waals surface area contributed by atoms with Crippen LogP contribution in [-0.2, 0) is 34.5 Å². The molecule has 1 heterocycles. The molecule has 1 fully saturated rings. The van der Waals surface area contributed by atoms with Crippen molar-refractivity contribution in [1.29, 1.82) is 0 Å². The van der Waals surface area contributed by atoms with Crippen molar-refractivity contribution in [2.24, 2.45) is 0 Å². The van der Waals surface area contributed by atoms with Crippen LogP contribution in [0.1, 0.15) is 52.4 Å².